The number of amides is 1. The molecule has 0 bridgehead atoms. The summed E-state index contributed by atoms with van der Waals surface area (Å²) < 4.78 is 12.5. The highest BCUT2D eigenvalue weighted by Crippen LogP contribution is 2.46. The predicted octanol–water partition coefficient (Wildman–Crippen LogP) is 9.76. The lowest BCUT2D eigenvalue weighted by Gasteiger charge is -2.34. The van der Waals surface area contributed by atoms with Crippen LogP contribution in [0.3, 0.4) is 0 Å². The summed E-state index contributed by atoms with van der Waals surface area (Å²) in [6.07, 6.45) is 8.52. The van der Waals surface area contributed by atoms with E-state index in [4.69, 9.17) is 33.0 Å². The van der Waals surface area contributed by atoms with Gasteiger partial charge in [0.15, 0.2) is 0 Å². The molecule has 3 aromatic carbocycles. The molecule has 0 spiro atoms. The van der Waals surface area contributed by atoms with E-state index in [0.29, 0.717) is 36.7 Å². The third-order valence-corrected chi connectivity index (χ3v) is 11.6. The fourth-order valence-electron chi connectivity index (χ4n) is 8.13. The number of carbonyl (C=O) groups is 1. The van der Waals surface area contributed by atoms with E-state index in [0.717, 1.165) is 88.7 Å². The zero-order valence-electron chi connectivity index (χ0n) is 31.0. The van der Waals surface area contributed by atoms with Crippen molar-refractivity contribution in [2.75, 3.05) is 18.1 Å². The first-order valence-electron chi connectivity index (χ1n) is 17.9. The van der Waals surface area contributed by atoms with Crippen molar-refractivity contribution < 1.29 is 9.53 Å². The minimum atomic E-state index is -0.0665. The molecule has 1 aliphatic rings. The summed E-state index contributed by atoms with van der Waals surface area (Å²) in [4.78, 5) is 25.9. The van der Waals surface area contributed by atoms with Gasteiger partial charge in [-0.1, -0.05) is 35.3 Å². The molecule has 0 saturated carbocycles. The van der Waals surface area contributed by atoms with Crippen LogP contribution < -0.4 is 9.64 Å². The van der Waals surface area contributed by atoms with Gasteiger partial charge in [0, 0.05) is 89.0 Å². The maximum absolute atomic E-state index is 15.2. The summed E-state index contributed by atoms with van der Waals surface area (Å²) in [5.74, 6) is 0.746. The van der Waals surface area contributed by atoms with E-state index in [1.165, 1.54) is 0 Å². The van der Waals surface area contributed by atoms with E-state index >= 15 is 4.79 Å². The van der Waals surface area contributed by atoms with E-state index in [1.807, 2.05) is 62.6 Å². The van der Waals surface area contributed by atoms with Gasteiger partial charge in [-0.25, -0.2) is 0 Å². The first kappa shape index (κ1) is 34.9. The van der Waals surface area contributed by atoms with Crippen molar-refractivity contribution in [2.24, 2.45) is 14.1 Å². The number of halogens is 2. The molecule has 1 amide bonds. The quantitative estimate of drug-likeness (QED) is 0.145. The monoisotopic (exact) mass is 745 g/mol. The Balaban J connectivity index is 1.26. The van der Waals surface area contributed by atoms with Gasteiger partial charge in [0.05, 0.1) is 40.4 Å². The number of anilines is 1. The Labute approximate surface area is 318 Å². The molecule has 0 saturated heterocycles. The number of benzene rings is 3. The number of ether oxygens (including phenoxy) is 1. The molecule has 0 aliphatic carbocycles. The van der Waals surface area contributed by atoms with E-state index in [9.17, 15) is 0 Å². The van der Waals surface area contributed by atoms with Crippen LogP contribution in [0, 0.1) is 27.7 Å². The highest BCUT2D eigenvalue weighted by molar-refractivity contribution is 6.35. The molecule has 1 atom stereocenters. The van der Waals surface area contributed by atoms with Crippen molar-refractivity contribution in [2.45, 2.75) is 53.5 Å². The van der Waals surface area contributed by atoms with Crippen molar-refractivity contribution in [1.29, 1.82) is 0 Å². The highest BCUT2D eigenvalue weighted by Gasteiger charge is 2.37. The molecule has 5 heterocycles. The molecule has 1 unspecified atom stereocenters. The van der Waals surface area contributed by atoms with Gasteiger partial charge >= 0.3 is 0 Å². The number of fused-ring (bicyclic) bond motifs is 4. The summed E-state index contributed by atoms with van der Waals surface area (Å²) >= 11 is 13.6. The Bertz CT molecular complexity index is 2560. The number of aryl methyl sites for hydroxylation is 6. The van der Waals surface area contributed by atoms with Crippen LogP contribution in [0.4, 0.5) is 5.69 Å². The summed E-state index contributed by atoms with van der Waals surface area (Å²) in [6, 6.07) is 14.2. The number of hydrogen-bond donors (Lipinski definition) is 0. The Morgan fingerprint density at radius 1 is 0.943 bits per heavy atom. The first-order valence-corrected chi connectivity index (χ1v) is 18.6. The first-order chi connectivity index (χ1) is 25.4. The molecule has 9 nitrogen and oxygen atoms in total. The van der Waals surface area contributed by atoms with Crippen molar-refractivity contribution in [3.63, 3.8) is 0 Å². The zero-order valence-corrected chi connectivity index (χ0v) is 32.5. The predicted molar refractivity (Wildman–Crippen MR) is 214 cm³/mol. The minimum absolute atomic E-state index is 0.0433. The number of hydrogen-bond acceptors (Lipinski definition) is 5. The lowest BCUT2D eigenvalue weighted by Crippen LogP contribution is -2.42. The molecule has 0 radical (unpaired) electrons. The molecule has 270 valence electrons. The maximum Gasteiger partial charge on any atom is 0.275 e. The van der Waals surface area contributed by atoms with Gasteiger partial charge in [0.25, 0.3) is 5.91 Å². The molecule has 7 aromatic rings. The lowest BCUT2D eigenvalue weighted by molar-refractivity contribution is 0.0957. The summed E-state index contributed by atoms with van der Waals surface area (Å²) in [5, 5.41) is 8.13. The highest BCUT2D eigenvalue weighted by atomic mass is 35.5. The van der Waals surface area contributed by atoms with Gasteiger partial charge < -0.3 is 18.8 Å². The number of nitrogens with zero attached hydrogens (tertiary/aromatic N) is 7. The lowest BCUT2D eigenvalue weighted by atomic mass is 9.98. The van der Waals surface area contributed by atoms with Crippen LogP contribution >= 0.6 is 23.2 Å². The number of carbonyl (C=O) groups excluding carboxylic acids is 1. The minimum Gasteiger partial charge on any atom is -0.494 e. The van der Waals surface area contributed by atoms with Gasteiger partial charge in [-0.2, -0.15) is 5.10 Å². The van der Waals surface area contributed by atoms with Crippen molar-refractivity contribution in [1.82, 2.24) is 28.9 Å². The average Bonchev–Trinajstić information content (AvgIpc) is 3.74. The van der Waals surface area contributed by atoms with E-state index in [1.54, 1.807) is 18.6 Å². The smallest absolute Gasteiger partial charge is 0.275 e. The third kappa shape index (κ3) is 5.77. The summed E-state index contributed by atoms with van der Waals surface area (Å²) in [6.45, 7) is 11.2. The summed E-state index contributed by atoms with van der Waals surface area (Å²) in [7, 11) is 3.97. The molecular formula is C42H41Cl2N7O2. The molecule has 4 aromatic heterocycles. The van der Waals surface area contributed by atoms with Crippen LogP contribution in [0.1, 0.15) is 58.0 Å². The fourth-order valence-corrected chi connectivity index (χ4v) is 8.49. The maximum atomic E-state index is 15.2. The molecule has 1 aliphatic heterocycles. The Morgan fingerprint density at radius 2 is 1.72 bits per heavy atom. The Kier molecular flexibility index (Phi) is 8.82. The van der Waals surface area contributed by atoms with Crippen LogP contribution in [-0.4, -0.2) is 47.9 Å². The van der Waals surface area contributed by atoms with Crippen molar-refractivity contribution in [3.8, 4) is 28.1 Å². The Hall–Kier alpha value is -5.12. The van der Waals surface area contributed by atoms with Crippen molar-refractivity contribution >= 4 is 56.6 Å². The van der Waals surface area contributed by atoms with Crippen LogP contribution in [-0.2, 0) is 20.5 Å². The summed E-state index contributed by atoms with van der Waals surface area (Å²) in [5.41, 5.74) is 12.0. The van der Waals surface area contributed by atoms with E-state index in [2.05, 4.69) is 63.4 Å². The van der Waals surface area contributed by atoms with Crippen LogP contribution in [0.15, 0.2) is 67.3 Å². The molecular weight excluding hydrogens is 705 g/mol. The van der Waals surface area contributed by atoms with Crippen LogP contribution in [0.25, 0.3) is 44.2 Å². The van der Waals surface area contributed by atoms with Gasteiger partial charge in [-0.05, 0) is 94.5 Å². The number of rotatable bonds is 8. The number of aromatic nitrogens is 6. The standard InChI is InChI=1S/C42H41Cl2N7O2/c1-23-17-29(18-24(2)39(23)44)53-16-8-9-30-31-11-12-33(43)38(37-26(4)47-49(7)27(37)5)40(31)51-25(3)21-50(42(52)41(30)51)36-22-48(6)35-13-10-28(19-32(35)36)34-20-45-14-15-46-34/h10-15,17-20,22,25H,8-9,16,21H2,1-7H3. The van der Waals surface area contributed by atoms with Crippen LogP contribution in [0.2, 0.25) is 10.0 Å². The second-order valence-electron chi connectivity index (χ2n) is 14.2. The molecule has 0 N–H and O–H groups in total. The van der Waals surface area contributed by atoms with Gasteiger partial charge in [0.2, 0.25) is 0 Å². The molecule has 8 rings (SSSR count). The fraction of sp³-hybridized carbons (Fsp3) is 0.286. The Morgan fingerprint density at radius 3 is 2.42 bits per heavy atom. The normalized spacial score (nSPS) is 14.5. The average molecular weight is 747 g/mol. The van der Waals surface area contributed by atoms with Crippen LogP contribution in [0.5, 0.6) is 5.75 Å². The van der Waals surface area contributed by atoms with E-state index in [-0.39, 0.29) is 11.9 Å². The van der Waals surface area contributed by atoms with Crippen molar-refractivity contribution in [3.05, 3.63) is 111 Å². The van der Waals surface area contributed by atoms with Gasteiger partial charge in [-0.3, -0.25) is 19.4 Å². The molecule has 11 heteroatoms. The molecule has 0 fully saturated rings. The SMILES string of the molecule is Cc1cc(OCCCc2c3n(c4c(-c5c(C)nn(C)c5C)c(Cl)ccc24)C(C)CN(c2cn(C)c4ccc(-c5cnccn5)cc24)C3=O)cc(C)c1Cl. The molecule has 53 heavy (non-hydrogen) atoms. The van der Waals surface area contributed by atoms with Gasteiger partial charge in [-0.15, -0.1) is 0 Å². The third-order valence-electron chi connectivity index (χ3n) is 10.7. The zero-order chi connectivity index (χ0) is 37.3. The largest absolute Gasteiger partial charge is 0.494 e. The van der Waals surface area contributed by atoms with E-state index < -0.39 is 0 Å². The second-order valence-corrected chi connectivity index (χ2v) is 15.0. The topological polar surface area (TPSA) is 83.0 Å². The second kappa shape index (κ2) is 13.4. The van der Waals surface area contributed by atoms with Gasteiger partial charge in [0.1, 0.15) is 11.4 Å².